The van der Waals surface area contributed by atoms with Crippen LogP contribution in [-0.4, -0.2) is 10.5 Å². The first-order valence-corrected chi connectivity index (χ1v) is 7.11. The van der Waals surface area contributed by atoms with Gasteiger partial charge in [0.15, 0.2) is 0 Å². The summed E-state index contributed by atoms with van der Waals surface area (Å²) in [5, 5.41) is 3.37. The number of carbonyl (C=O) groups is 1. The number of anilines is 1. The largest absolute Gasteiger partial charge is 0.343 e. The molecule has 1 aromatic heterocycles. The monoisotopic (exact) mass is 340 g/mol. The molecule has 1 N–H and O–H groups in total. The molecule has 0 saturated carbocycles. The summed E-state index contributed by atoms with van der Waals surface area (Å²) >= 11 is 9.48. The molecule has 0 fully saturated rings. The van der Waals surface area contributed by atoms with Crippen molar-refractivity contribution in [2.75, 3.05) is 5.32 Å². The molecule has 0 aliphatic carbocycles. The normalized spacial score (nSPS) is 10.5. The lowest BCUT2D eigenvalue weighted by molar-refractivity contribution is 0.101. The van der Waals surface area contributed by atoms with E-state index in [1.807, 2.05) is 42.8 Å². The first-order valence-electron chi connectivity index (χ1n) is 5.94. The average molecular weight is 342 g/mol. The molecule has 0 saturated heterocycles. The van der Waals surface area contributed by atoms with Crippen molar-refractivity contribution in [1.29, 1.82) is 0 Å². The van der Waals surface area contributed by atoms with Crippen molar-refractivity contribution in [3.8, 4) is 0 Å². The molecule has 1 aromatic carbocycles. The number of aromatic nitrogens is 1. The van der Waals surface area contributed by atoms with Crippen molar-refractivity contribution in [2.45, 2.75) is 20.4 Å². The van der Waals surface area contributed by atoms with Gasteiger partial charge in [0.1, 0.15) is 5.69 Å². The quantitative estimate of drug-likeness (QED) is 0.877. The topological polar surface area (TPSA) is 34.0 Å². The fraction of sp³-hybridized carbons (Fsp3) is 0.214. The summed E-state index contributed by atoms with van der Waals surface area (Å²) in [5.74, 6) is -0.168. The van der Waals surface area contributed by atoms with Crippen LogP contribution in [0, 0.1) is 6.92 Å². The molecule has 0 radical (unpaired) electrons. The summed E-state index contributed by atoms with van der Waals surface area (Å²) in [6, 6.07) is 7.34. The third kappa shape index (κ3) is 3.19. The van der Waals surface area contributed by atoms with Gasteiger partial charge in [-0.15, -0.1) is 0 Å². The second-order valence-corrected chi connectivity index (χ2v) is 5.59. The Balaban J connectivity index is 2.25. The van der Waals surface area contributed by atoms with Crippen LogP contribution in [0.3, 0.4) is 0 Å². The summed E-state index contributed by atoms with van der Waals surface area (Å²) in [7, 11) is 0. The van der Waals surface area contributed by atoms with Gasteiger partial charge in [-0.2, -0.15) is 0 Å². The molecule has 1 amide bonds. The molecule has 2 aromatic rings. The van der Waals surface area contributed by atoms with Crippen LogP contribution >= 0.6 is 27.5 Å². The summed E-state index contributed by atoms with van der Waals surface area (Å²) in [4.78, 5) is 12.2. The van der Waals surface area contributed by atoms with Gasteiger partial charge in [0, 0.05) is 17.2 Å². The number of rotatable bonds is 3. The number of benzene rings is 1. The van der Waals surface area contributed by atoms with Crippen LogP contribution in [0.2, 0.25) is 5.02 Å². The summed E-state index contributed by atoms with van der Waals surface area (Å²) in [6.07, 6.45) is 1.88. The van der Waals surface area contributed by atoms with Gasteiger partial charge in [0.05, 0.1) is 10.7 Å². The molecular formula is C14H14BrClN2O. The maximum atomic E-state index is 12.2. The van der Waals surface area contributed by atoms with Crippen LogP contribution in [0.4, 0.5) is 5.69 Å². The highest BCUT2D eigenvalue weighted by Crippen LogP contribution is 2.24. The number of nitrogens with zero attached hydrogens (tertiary/aromatic N) is 1. The maximum absolute atomic E-state index is 12.2. The lowest BCUT2D eigenvalue weighted by atomic mass is 10.2. The molecule has 0 atom stereocenters. The Morgan fingerprint density at radius 3 is 2.79 bits per heavy atom. The number of hydrogen-bond acceptors (Lipinski definition) is 1. The Kier molecular flexibility index (Phi) is 4.32. The molecule has 0 aliphatic rings. The maximum Gasteiger partial charge on any atom is 0.272 e. The first kappa shape index (κ1) is 14.2. The molecule has 0 bridgehead atoms. The number of hydrogen-bond donors (Lipinski definition) is 1. The average Bonchev–Trinajstić information content (AvgIpc) is 2.74. The predicted octanol–water partition coefficient (Wildman–Crippen LogP) is 4.48. The van der Waals surface area contributed by atoms with E-state index in [-0.39, 0.29) is 5.91 Å². The van der Waals surface area contributed by atoms with Crippen LogP contribution in [0.15, 0.2) is 34.9 Å². The highest BCUT2D eigenvalue weighted by molar-refractivity contribution is 9.10. The van der Waals surface area contributed by atoms with E-state index in [2.05, 4.69) is 21.2 Å². The zero-order valence-corrected chi connectivity index (χ0v) is 13.0. The van der Waals surface area contributed by atoms with E-state index in [0.29, 0.717) is 16.4 Å². The summed E-state index contributed by atoms with van der Waals surface area (Å²) in [6.45, 7) is 4.68. The summed E-state index contributed by atoms with van der Waals surface area (Å²) in [5.41, 5.74) is 2.28. The van der Waals surface area contributed by atoms with Crippen LogP contribution < -0.4 is 5.32 Å². The van der Waals surface area contributed by atoms with Crippen molar-refractivity contribution in [3.05, 3.63) is 51.2 Å². The standard InChI is InChI=1S/C14H14BrClN2O/c1-3-18-8-10(15)7-13(18)14(19)17-12-5-4-9(2)6-11(12)16/h4-8H,3H2,1-2H3,(H,17,19). The van der Waals surface area contributed by atoms with Crippen LogP contribution in [0.5, 0.6) is 0 Å². The minimum absolute atomic E-state index is 0.168. The van der Waals surface area contributed by atoms with Gasteiger partial charge in [-0.1, -0.05) is 17.7 Å². The minimum atomic E-state index is -0.168. The smallest absolute Gasteiger partial charge is 0.272 e. The molecule has 0 aliphatic heterocycles. The van der Waals surface area contributed by atoms with Gasteiger partial charge in [-0.25, -0.2) is 0 Å². The highest BCUT2D eigenvalue weighted by Gasteiger charge is 2.13. The molecule has 3 nitrogen and oxygen atoms in total. The van der Waals surface area contributed by atoms with Crippen LogP contribution in [-0.2, 0) is 6.54 Å². The van der Waals surface area contributed by atoms with E-state index < -0.39 is 0 Å². The van der Waals surface area contributed by atoms with Crippen molar-refractivity contribution in [3.63, 3.8) is 0 Å². The molecule has 19 heavy (non-hydrogen) atoms. The van der Waals surface area contributed by atoms with E-state index in [9.17, 15) is 4.79 Å². The van der Waals surface area contributed by atoms with E-state index in [4.69, 9.17) is 11.6 Å². The fourth-order valence-electron chi connectivity index (χ4n) is 1.83. The van der Waals surface area contributed by atoms with E-state index in [0.717, 1.165) is 16.6 Å². The molecule has 0 unspecified atom stereocenters. The van der Waals surface area contributed by atoms with Gasteiger partial charge in [-0.05, 0) is 53.5 Å². The van der Waals surface area contributed by atoms with Gasteiger partial charge < -0.3 is 9.88 Å². The Morgan fingerprint density at radius 1 is 1.42 bits per heavy atom. The Labute approximate surface area is 125 Å². The molecule has 2 rings (SSSR count). The highest BCUT2D eigenvalue weighted by atomic mass is 79.9. The van der Waals surface area contributed by atoms with Crippen molar-refractivity contribution in [2.24, 2.45) is 0 Å². The van der Waals surface area contributed by atoms with E-state index in [1.165, 1.54) is 0 Å². The third-order valence-corrected chi connectivity index (χ3v) is 3.56. The van der Waals surface area contributed by atoms with Crippen molar-refractivity contribution in [1.82, 2.24) is 4.57 Å². The van der Waals surface area contributed by atoms with Gasteiger partial charge in [0.2, 0.25) is 0 Å². The Hall–Kier alpha value is -1.26. The number of amides is 1. The van der Waals surface area contributed by atoms with Gasteiger partial charge in [0.25, 0.3) is 5.91 Å². The van der Waals surface area contributed by atoms with Gasteiger partial charge in [-0.3, -0.25) is 4.79 Å². The molecule has 0 spiro atoms. The van der Waals surface area contributed by atoms with Crippen LogP contribution in [0.25, 0.3) is 0 Å². The lowest BCUT2D eigenvalue weighted by Crippen LogP contribution is -2.16. The van der Waals surface area contributed by atoms with Crippen molar-refractivity contribution >= 4 is 39.1 Å². The Bertz CT molecular complexity index is 622. The minimum Gasteiger partial charge on any atom is -0.343 e. The molecule has 100 valence electrons. The van der Waals surface area contributed by atoms with Gasteiger partial charge >= 0.3 is 0 Å². The first-order chi connectivity index (χ1) is 9.01. The Morgan fingerprint density at radius 2 is 2.16 bits per heavy atom. The number of halogens is 2. The fourth-order valence-corrected chi connectivity index (χ4v) is 2.58. The third-order valence-electron chi connectivity index (χ3n) is 2.81. The second-order valence-electron chi connectivity index (χ2n) is 4.27. The number of nitrogens with one attached hydrogen (secondary N) is 1. The van der Waals surface area contributed by atoms with Crippen molar-refractivity contribution < 1.29 is 4.79 Å². The number of carbonyl (C=O) groups excluding carboxylic acids is 1. The molecular weight excluding hydrogens is 328 g/mol. The zero-order valence-electron chi connectivity index (χ0n) is 10.7. The SMILES string of the molecule is CCn1cc(Br)cc1C(=O)Nc1ccc(C)cc1Cl. The molecule has 5 heteroatoms. The predicted molar refractivity (Wildman–Crippen MR) is 81.9 cm³/mol. The van der Waals surface area contributed by atoms with Crippen LogP contribution in [0.1, 0.15) is 23.0 Å². The molecule has 1 heterocycles. The lowest BCUT2D eigenvalue weighted by Gasteiger charge is -2.09. The zero-order chi connectivity index (χ0) is 14.0. The van der Waals surface area contributed by atoms with E-state index in [1.54, 1.807) is 6.07 Å². The number of aryl methyl sites for hydroxylation is 2. The second kappa shape index (κ2) is 5.80. The van der Waals surface area contributed by atoms with E-state index >= 15 is 0 Å². The summed E-state index contributed by atoms with van der Waals surface area (Å²) < 4.78 is 2.76.